The van der Waals surface area contributed by atoms with Gasteiger partial charge in [-0.3, -0.25) is 9.35 Å². The van der Waals surface area contributed by atoms with Gasteiger partial charge < -0.3 is 21.4 Å². The first-order valence-corrected chi connectivity index (χ1v) is 10.1. The molecular weight excluding hydrogens is 384 g/mol. The van der Waals surface area contributed by atoms with Gasteiger partial charge in [-0.2, -0.15) is 5.10 Å². The zero-order valence-electron chi connectivity index (χ0n) is 14.3. The first-order valence-electron chi connectivity index (χ1n) is 7.95. The van der Waals surface area contributed by atoms with E-state index in [0.717, 1.165) is 28.7 Å². The van der Waals surface area contributed by atoms with Crippen LogP contribution in [0, 0.1) is 0 Å². The van der Waals surface area contributed by atoms with Crippen LogP contribution in [0.1, 0.15) is 5.56 Å². The largest absolute Gasteiger partial charge is 0.330 e. The Morgan fingerprint density at radius 1 is 1.30 bits per heavy atom. The molecule has 9 N–H and O–H groups in total. The number of hydrazine groups is 1. The SMILES string of the molecule is NCCS(=O)c1ccc(-c2cccn3ccnc23)c(/C(=N/N)NN)c1SN. The molecule has 0 bridgehead atoms. The fraction of sp³-hybridized carbons (Fsp3) is 0.125. The molecule has 142 valence electrons. The summed E-state index contributed by atoms with van der Waals surface area (Å²) in [6.45, 7) is 0.290. The molecule has 0 amide bonds. The summed E-state index contributed by atoms with van der Waals surface area (Å²) in [6.07, 6.45) is 5.45. The summed E-state index contributed by atoms with van der Waals surface area (Å²) in [5.41, 5.74) is 11.0. The molecule has 0 saturated carbocycles. The lowest BCUT2D eigenvalue weighted by atomic mass is 9.99. The number of aromatic nitrogens is 2. The molecular formula is C16H20N8OS2. The normalized spacial score (nSPS) is 13.1. The number of amidine groups is 1. The molecule has 0 aliphatic heterocycles. The van der Waals surface area contributed by atoms with Gasteiger partial charge in [-0.25, -0.2) is 10.8 Å². The van der Waals surface area contributed by atoms with Crippen LogP contribution in [0.2, 0.25) is 0 Å². The highest BCUT2D eigenvalue weighted by Gasteiger charge is 2.23. The van der Waals surface area contributed by atoms with Gasteiger partial charge in [0.1, 0.15) is 5.65 Å². The standard InChI is InChI=1S/C16H20N8OS2/c17-5-9-27(25)12-4-3-10(13(14(12)26-20)15(22-18)23-19)11-2-1-7-24-8-6-21-16(11)24/h1-4,6-8H,5,9,17-20H2,(H,22,23). The van der Waals surface area contributed by atoms with Crippen LogP contribution in [0.5, 0.6) is 0 Å². The average Bonchev–Trinajstić information content (AvgIpc) is 3.17. The number of hydrogen-bond donors (Lipinski definition) is 5. The summed E-state index contributed by atoms with van der Waals surface area (Å²) < 4.78 is 14.5. The third kappa shape index (κ3) is 3.55. The Morgan fingerprint density at radius 2 is 2.11 bits per heavy atom. The Balaban J connectivity index is 2.34. The predicted molar refractivity (Wildman–Crippen MR) is 109 cm³/mol. The van der Waals surface area contributed by atoms with Gasteiger partial charge in [-0.1, -0.05) is 6.07 Å². The van der Waals surface area contributed by atoms with E-state index in [1.54, 1.807) is 12.3 Å². The van der Waals surface area contributed by atoms with Crippen molar-refractivity contribution < 1.29 is 4.21 Å². The summed E-state index contributed by atoms with van der Waals surface area (Å²) in [5, 5.41) is 9.68. The van der Waals surface area contributed by atoms with E-state index < -0.39 is 10.8 Å². The molecule has 9 nitrogen and oxygen atoms in total. The number of imidazole rings is 1. The highest BCUT2D eigenvalue weighted by Crippen LogP contribution is 2.36. The van der Waals surface area contributed by atoms with Gasteiger partial charge in [0.15, 0.2) is 5.84 Å². The van der Waals surface area contributed by atoms with Crippen molar-refractivity contribution in [2.45, 2.75) is 9.79 Å². The van der Waals surface area contributed by atoms with Crippen LogP contribution in [-0.2, 0) is 10.8 Å². The molecule has 0 radical (unpaired) electrons. The first kappa shape index (κ1) is 19.3. The minimum Gasteiger partial charge on any atom is -0.330 e. The highest BCUT2D eigenvalue weighted by molar-refractivity contribution is 7.97. The minimum absolute atomic E-state index is 0.220. The maximum atomic E-state index is 12.6. The Bertz CT molecular complexity index is 1020. The quantitative estimate of drug-likeness (QED) is 0.127. The molecule has 1 unspecified atom stereocenters. The van der Waals surface area contributed by atoms with E-state index in [1.807, 2.05) is 35.0 Å². The van der Waals surface area contributed by atoms with Crippen molar-refractivity contribution in [1.29, 1.82) is 0 Å². The van der Waals surface area contributed by atoms with Gasteiger partial charge >= 0.3 is 0 Å². The smallest absolute Gasteiger partial charge is 0.168 e. The fourth-order valence-corrected chi connectivity index (χ4v) is 4.76. The second-order valence-electron chi connectivity index (χ2n) is 5.47. The van der Waals surface area contributed by atoms with Gasteiger partial charge in [0, 0.05) is 42.0 Å². The number of nitrogens with zero attached hydrogens (tertiary/aromatic N) is 3. The Kier molecular flexibility index (Phi) is 6.08. The van der Waals surface area contributed by atoms with E-state index >= 15 is 0 Å². The molecule has 0 fully saturated rings. The van der Waals surface area contributed by atoms with Crippen molar-refractivity contribution in [2.24, 2.45) is 27.7 Å². The van der Waals surface area contributed by atoms with Crippen molar-refractivity contribution in [3.8, 4) is 11.1 Å². The lowest BCUT2D eigenvalue weighted by molar-refractivity contribution is 0.681. The van der Waals surface area contributed by atoms with Crippen LogP contribution in [0.15, 0.2) is 57.7 Å². The number of nitrogens with one attached hydrogen (secondary N) is 1. The second kappa shape index (κ2) is 8.50. The molecule has 1 atom stereocenters. The van der Waals surface area contributed by atoms with Crippen LogP contribution in [-0.4, -0.2) is 31.7 Å². The number of hydrogen-bond acceptors (Lipinski definition) is 8. The van der Waals surface area contributed by atoms with E-state index in [4.69, 9.17) is 22.6 Å². The van der Waals surface area contributed by atoms with Crippen LogP contribution < -0.4 is 28.0 Å². The number of pyridine rings is 1. The van der Waals surface area contributed by atoms with Crippen molar-refractivity contribution in [3.63, 3.8) is 0 Å². The second-order valence-corrected chi connectivity index (χ2v) is 7.66. The third-order valence-corrected chi connectivity index (χ3v) is 6.23. The molecule has 0 saturated heterocycles. The fourth-order valence-electron chi connectivity index (χ4n) is 2.87. The molecule has 3 aromatic rings. The monoisotopic (exact) mass is 404 g/mol. The number of nitrogens with two attached hydrogens (primary N) is 4. The molecule has 11 heteroatoms. The van der Waals surface area contributed by atoms with Gasteiger partial charge in [-0.15, -0.1) is 0 Å². The summed E-state index contributed by atoms with van der Waals surface area (Å²) in [5.74, 6) is 11.7. The summed E-state index contributed by atoms with van der Waals surface area (Å²) >= 11 is 0.959. The van der Waals surface area contributed by atoms with Crippen LogP contribution in [0.25, 0.3) is 16.8 Å². The van der Waals surface area contributed by atoms with Crippen molar-refractivity contribution in [1.82, 2.24) is 14.8 Å². The molecule has 3 rings (SSSR count). The molecule has 2 aromatic heterocycles. The molecule has 0 spiro atoms. The van der Waals surface area contributed by atoms with E-state index in [0.29, 0.717) is 27.7 Å². The maximum Gasteiger partial charge on any atom is 0.168 e. The van der Waals surface area contributed by atoms with Crippen molar-refractivity contribution in [2.75, 3.05) is 12.3 Å². The molecule has 27 heavy (non-hydrogen) atoms. The van der Waals surface area contributed by atoms with Gasteiger partial charge in [-0.05, 0) is 35.7 Å². The molecule has 0 aliphatic rings. The van der Waals surface area contributed by atoms with Crippen LogP contribution in [0.4, 0.5) is 0 Å². The Labute approximate surface area is 162 Å². The van der Waals surface area contributed by atoms with Crippen molar-refractivity contribution >= 4 is 34.2 Å². The Hall–Kier alpha value is -2.44. The van der Waals surface area contributed by atoms with E-state index in [9.17, 15) is 4.21 Å². The average molecular weight is 405 g/mol. The number of rotatable bonds is 6. The van der Waals surface area contributed by atoms with Gasteiger partial charge in [0.05, 0.1) is 20.6 Å². The predicted octanol–water partition coefficient (Wildman–Crippen LogP) is 0.117. The van der Waals surface area contributed by atoms with E-state index in [2.05, 4.69) is 15.5 Å². The van der Waals surface area contributed by atoms with Crippen LogP contribution in [0.3, 0.4) is 0 Å². The van der Waals surface area contributed by atoms with Gasteiger partial charge in [0.2, 0.25) is 0 Å². The van der Waals surface area contributed by atoms with Crippen LogP contribution >= 0.6 is 11.9 Å². The first-order chi connectivity index (χ1) is 13.2. The zero-order valence-corrected chi connectivity index (χ0v) is 16.0. The summed E-state index contributed by atoms with van der Waals surface area (Å²) in [6, 6.07) is 7.44. The van der Waals surface area contributed by atoms with Crippen molar-refractivity contribution in [3.05, 3.63) is 48.4 Å². The number of hydrazone groups is 1. The lowest BCUT2D eigenvalue weighted by Gasteiger charge is -2.18. The summed E-state index contributed by atoms with van der Waals surface area (Å²) in [4.78, 5) is 5.53. The maximum absolute atomic E-state index is 12.6. The topological polar surface area (TPSA) is 163 Å². The summed E-state index contributed by atoms with van der Waals surface area (Å²) in [7, 11) is -1.32. The highest BCUT2D eigenvalue weighted by atomic mass is 32.2. The zero-order chi connectivity index (χ0) is 19.4. The van der Waals surface area contributed by atoms with E-state index in [1.165, 1.54) is 0 Å². The molecule has 1 aromatic carbocycles. The number of fused-ring (bicyclic) bond motifs is 1. The minimum atomic E-state index is -1.32. The van der Waals surface area contributed by atoms with Gasteiger partial charge in [0.25, 0.3) is 0 Å². The number of benzene rings is 1. The molecule has 2 heterocycles. The van der Waals surface area contributed by atoms with E-state index in [-0.39, 0.29) is 5.84 Å². The third-order valence-electron chi connectivity index (χ3n) is 4.00. The molecule has 0 aliphatic carbocycles. The lowest BCUT2D eigenvalue weighted by Crippen LogP contribution is -2.33. The Morgan fingerprint density at radius 3 is 2.78 bits per heavy atom.